The Labute approximate surface area is 173 Å². The zero-order valence-electron chi connectivity index (χ0n) is 16.4. The summed E-state index contributed by atoms with van der Waals surface area (Å²) in [4.78, 5) is 34.7. The number of carboxylic acid groups (broad SMARTS) is 1. The highest BCUT2D eigenvalue weighted by atomic mass is 16.5. The largest absolute Gasteiger partial charge is 0.482 e. The average molecular weight is 413 g/mol. The molecule has 0 saturated heterocycles. The SMILES string of the molecule is CCOC(=O)N[C@H](CC(=O)N/N=C\c1cccc(OCC(=O)O)c1)c1ccccc1. The number of carboxylic acids is 1. The third-order valence-corrected chi connectivity index (χ3v) is 3.78. The van der Waals surface area contributed by atoms with E-state index in [0.29, 0.717) is 11.3 Å². The van der Waals surface area contributed by atoms with Gasteiger partial charge in [-0.05, 0) is 30.2 Å². The van der Waals surface area contributed by atoms with E-state index in [1.54, 1.807) is 43.3 Å². The Balaban J connectivity index is 1.95. The Kier molecular flexibility index (Phi) is 8.85. The van der Waals surface area contributed by atoms with Crippen molar-refractivity contribution in [2.24, 2.45) is 5.10 Å². The van der Waals surface area contributed by atoms with E-state index in [9.17, 15) is 14.4 Å². The molecule has 0 aromatic heterocycles. The van der Waals surface area contributed by atoms with E-state index in [2.05, 4.69) is 15.8 Å². The molecule has 158 valence electrons. The predicted molar refractivity (Wildman–Crippen MR) is 109 cm³/mol. The third-order valence-electron chi connectivity index (χ3n) is 3.78. The number of hydrazone groups is 1. The highest BCUT2D eigenvalue weighted by Gasteiger charge is 2.18. The van der Waals surface area contributed by atoms with Crippen LogP contribution in [0.1, 0.15) is 30.5 Å². The van der Waals surface area contributed by atoms with Gasteiger partial charge in [-0.1, -0.05) is 42.5 Å². The van der Waals surface area contributed by atoms with Crippen LogP contribution in [-0.2, 0) is 14.3 Å². The van der Waals surface area contributed by atoms with Gasteiger partial charge in [0, 0.05) is 0 Å². The van der Waals surface area contributed by atoms with E-state index in [1.807, 2.05) is 18.2 Å². The lowest BCUT2D eigenvalue weighted by molar-refractivity contribution is -0.139. The molecule has 0 spiro atoms. The van der Waals surface area contributed by atoms with Crippen molar-refractivity contribution in [2.75, 3.05) is 13.2 Å². The Bertz CT molecular complexity index is 885. The van der Waals surface area contributed by atoms with Gasteiger partial charge in [-0.2, -0.15) is 5.10 Å². The molecule has 9 heteroatoms. The number of carbonyl (C=O) groups excluding carboxylic acids is 2. The molecule has 0 unspecified atom stereocenters. The van der Waals surface area contributed by atoms with Crippen LogP contribution in [0.3, 0.4) is 0 Å². The van der Waals surface area contributed by atoms with Gasteiger partial charge in [-0.3, -0.25) is 4.79 Å². The van der Waals surface area contributed by atoms with Crippen LogP contribution in [0.2, 0.25) is 0 Å². The fourth-order valence-electron chi connectivity index (χ4n) is 2.49. The number of nitrogens with one attached hydrogen (secondary N) is 2. The summed E-state index contributed by atoms with van der Waals surface area (Å²) < 4.78 is 9.99. The quantitative estimate of drug-likeness (QED) is 0.406. The third kappa shape index (κ3) is 8.01. The topological polar surface area (TPSA) is 126 Å². The predicted octanol–water partition coefficient (Wildman–Crippen LogP) is 2.48. The zero-order valence-corrected chi connectivity index (χ0v) is 16.4. The molecule has 0 bridgehead atoms. The van der Waals surface area contributed by atoms with Crippen LogP contribution in [-0.4, -0.2) is 42.5 Å². The van der Waals surface area contributed by atoms with Crippen LogP contribution in [0, 0.1) is 0 Å². The molecule has 0 aliphatic rings. The molecule has 0 saturated carbocycles. The van der Waals surface area contributed by atoms with E-state index in [0.717, 1.165) is 5.56 Å². The Hall–Kier alpha value is -3.88. The summed E-state index contributed by atoms with van der Waals surface area (Å²) in [5.74, 6) is -1.11. The summed E-state index contributed by atoms with van der Waals surface area (Å²) in [7, 11) is 0. The number of carbonyl (C=O) groups is 3. The normalized spacial score (nSPS) is 11.5. The van der Waals surface area contributed by atoms with Crippen molar-refractivity contribution < 1.29 is 29.0 Å². The van der Waals surface area contributed by atoms with Gasteiger partial charge in [0.2, 0.25) is 5.91 Å². The first-order valence-electron chi connectivity index (χ1n) is 9.22. The number of hydrogen-bond donors (Lipinski definition) is 3. The number of hydrogen-bond acceptors (Lipinski definition) is 6. The lowest BCUT2D eigenvalue weighted by atomic mass is 10.0. The van der Waals surface area contributed by atoms with E-state index >= 15 is 0 Å². The summed E-state index contributed by atoms with van der Waals surface area (Å²) in [6.45, 7) is 1.46. The molecule has 30 heavy (non-hydrogen) atoms. The van der Waals surface area contributed by atoms with E-state index in [-0.39, 0.29) is 13.0 Å². The molecule has 0 aliphatic carbocycles. The fraction of sp³-hybridized carbons (Fsp3) is 0.238. The first-order valence-corrected chi connectivity index (χ1v) is 9.22. The molecule has 2 rings (SSSR count). The van der Waals surface area contributed by atoms with Crippen LogP contribution in [0.15, 0.2) is 59.7 Å². The van der Waals surface area contributed by atoms with Crippen molar-refractivity contribution >= 4 is 24.2 Å². The second kappa shape index (κ2) is 11.8. The second-order valence-electron chi connectivity index (χ2n) is 6.08. The van der Waals surface area contributed by atoms with Crippen LogP contribution in [0.4, 0.5) is 4.79 Å². The molecule has 2 amide bonds. The Morgan fingerprint density at radius 1 is 1.13 bits per heavy atom. The van der Waals surface area contributed by atoms with Crippen LogP contribution >= 0.6 is 0 Å². The van der Waals surface area contributed by atoms with Crippen molar-refractivity contribution in [3.8, 4) is 5.75 Å². The van der Waals surface area contributed by atoms with Crippen molar-refractivity contribution in [3.05, 3.63) is 65.7 Å². The molecule has 2 aromatic carbocycles. The van der Waals surface area contributed by atoms with Gasteiger partial charge in [0.1, 0.15) is 5.75 Å². The molecule has 1 atom stereocenters. The van der Waals surface area contributed by atoms with Gasteiger partial charge >= 0.3 is 12.1 Å². The van der Waals surface area contributed by atoms with Crippen molar-refractivity contribution in [3.63, 3.8) is 0 Å². The van der Waals surface area contributed by atoms with Gasteiger partial charge in [0.25, 0.3) is 0 Å². The number of rotatable bonds is 10. The summed E-state index contributed by atoms with van der Waals surface area (Å²) >= 11 is 0. The maximum atomic E-state index is 12.3. The van der Waals surface area contributed by atoms with Crippen LogP contribution < -0.4 is 15.5 Å². The minimum Gasteiger partial charge on any atom is -0.482 e. The van der Waals surface area contributed by atoms with Crippen molar-refractivity contribution in [1.82, 2.24) is 10.7 Å². The minimum absolute atomic E-state index is 0.0398. The van der Waals surface area contributed by atoms with Gasteiger partial charge in [-0.15, -0.1) is 0 Å². The van der Waals surface area contributed by atoms with Crippen molar-refractivity contribution in [1.29, 1.82) is 0 Å². The summed E-state index contributed by atoms with van der Waals surface area (Å²) in [5, 5.41) is 15.2. The summed E-state index contributed by atoms with van der Waals surface area (Å²) in [6.07, 6.45) is 0.754. The molecule has 2 aromatic rings. The number of benzene rings is 2. The van der Waals surface area contributed by atoms with E-state index in [1.165, 1.54) is 6.21 Å². The molecule has 0 aliphatic heterocycles. The van der Waals surface area contributed by atoms with Gasteiger partial charge < -0.3 is 19.9 Å². The van der Waals surface area contributed by atoms with E-state index in [4.69, 9.17) is 14.6 Å². The lowest BCUT2D eigenvalue weighted by Gasteiger charge is -2.18. The van der Waals surface area contributed by atoms with E-state index < -0.39 is 30.6 Å². The highest BCUT2D eigenvalue weighted by molar-refractivity contribution is 5.83. The zero-order chi connectivity index (χ0) is 21.8. The Morgan fingerprint density at radius 3 is 2.60 bits per heavy atom. The number of alkyl carbamates (subject to hydrolysis) is 1. The number of nitrogens with zero attached hydrogens (tertiary/aromatic N) is 1. The molecule has 0 fully saturated rings. The monoisotopic (exact) mass is 413 g/mol. The molecule has 0 heterocycles. The molecular weight excluding hydrogens is 390 g/mol. The summed E-state index contributed by atoms with van der Waals surface area (Å²) in [6, 6.07) is 15.1. The fourth-order valence-corrected chi connectivity index (χ4v) is 2.49. The van der Waals surface area contributed by atoms with Crippen LogP contribution in [0.25, 0.3) is 0 Å². The highest BCUT2D eigenvalue weighted by Crippen LogP contribution is 2.17. The number of aliphatic carboxylic acids is 1. The molecular formula is C21H23N3O6. The standard InChI is InChI=1S/C21H23N3O6/c1-2-29-21(28)23-18(16-8-4-3-5-9-16)12-19(25)24-22-13-15-7-6-10-17(11-15)30-14-20(26)27/h3-11,13,18H,2,12,14H2,1H3,(H,23,28)(H,24,25)(H,26,27)/b22-13-/t18-/m1/s1. The van der Waals surface area contributed by atoms with Gasteiger partial charge in [0.15, 0.2) is 6.61 Å². The molecule has 0 radical (unpaired) electrons. The maximum absolute atomic E-state index is 12.3. The first-order chi connectivity index (χ1) is 14.5. The lowest BCUT2D eigenvalue weighted by Crippen LogP contribution is -2.33. The molecule has 3 N–H and O–H groups in total. The first kappa shape index (κ1) is 22.4. The van der Waals surface area contributed by atoms with Crippen molar-refractivity contribution in [2.45, 2.75) is 19.4 Å². The second-order valence-corrected chi connectivity index (χ2v) is 6.08. The maximum Gasteiger partial charge on any atom is 0.407 e. The number of amides is 2. The number of ether oxygens (including phenoxy) is 2. The summed E-state index contributed by atoms with van der Waals surface area (Å²) in [5.41, 5.74) is 3.78. The minimum atomic E-state index is -1.08. The smallest absolute Gasteiger partial charge is 0.407 e. The average Bonchev–Trinajstić information content (AvgIpc) is 2.73. The molecule has 9 nitrogen and oxygen atoms in total. The Morgan fingerprint density at radius 2 is 1.90 bits per heavy atom. The van der Waals surface area contributed by atoms with Gasteiger partial charge in [-0.25, -0.2) is 15.0 Å². The van der Waals surface area contributed by atoms with Gasteiger partial charge in [0.05, 0.1) is 25.3 Å². The van der Waals surface area contributed by atoms with Crippen LogP contribution in [0.5, 0.6) is 5.75 Å².